The molecule has 0 radical (unpaired) electrons. The van der Waals surface area contributed by atoms with Gasteiger partial charge in [-0.2, -0.15) is 11.8 Å². The topological polar surface area (TPSA) is 37.8 Å². The van der Waals surface area contributed by atoms with Gasteiger partial charge in [0.25, 0.3) is 0 Å². The lowest BCUT2D eigenvalue weighted by atomic mass is 10.1. The number of aryl methyl sites for hydroxylation is 1. The van der Waals surface area contributed by atoms with Gasteiger partial charge in [0.1, 0.15) is 11.6 Å². The van der Waals surface area contributed by atoms with Crippen molar-refractivity contribution in [3.8, 4) is 0 Å². The second-order valence-electron chi connectivity index (χ2n) is 5.15. The van der Waals surface area contributed by atoms with Gasteiger partial charge in [-0.1, -0.05) is 19.8 Å². The van der Waals surface area contributed by atoms with Crippen molar-refractivity contribution in [1.29, 1.82) is 0 Å². The Hall–Kier alpha value is -0.770. The molecule has 1 aliphatic rings. The SMILES string of the molecule is CCNc1nc(CSC2CCCC2)nc(C)c1CC. The van der Waals surface area contributed by atoms with E-state index in [2.05, 4.69) is 31.1 Å². The Morgan fingerprint density at radius 1 is 1.21 bits per heavy atom. The first-order valence-corrected chi connectivity index (χ1v) is 8.51. The van der Waals surface area contributed by atoms with E-state index in [0.717, 1.165) is 41.3 Å². The molecule has 106 valence electrons. The first-order valence-electron chi connectivity index (χ1n) is 7.46. The van der Waals surface area contributed by atoms with E-state index in [4.69, 9.17) is 4.98 Å². The highest BCUT2D eigenvalue weighted by molar-refractivity contribution is 7.99. The van der Waals surface area contributed by atoms with Crippen LogP contribution in [-0.2, 0) is 12.2 Å². The Morgan fingerprint density at radius 2 is 1.95 bits per heavy atom. The summed E-state index contributed by atoms with van der Waals surface area (Å²) in [4.78, 5) is 9.39. The van der Waals surface area contributed by atoms with E-state index in [1.807, 2.05) is 11.8 Å². The van der Waals surface area contributed by atoms with Crippen LogP contribution in [0.2, 0.25) is 0 Å². The van der Waals surface area contributed by atoms with Gasteiger partial charge in [-0.3, -0.25) is 0 Å². The fourth-order valence-corrected chi connectivity index (χ4v) is 3.88. The first kappa shape index (κ1) is 14.6. The highest BCUT2D eigenvalue weighted by atomic mass is 32.2. The Labute approximate surface area is 121 Å². The molecule has 1 fully saturated rings. The number of nitrogens with zero attached hydrogens (tertiary/aromatic N) is 2. The Kier molecular flexibility index (Phi) is 5.49. The smallest absolute Gasteiger partial charge is 0.140 e. The molecular formula is C15H25N3S. The van der Waals surface area contributed by atoms with Crippen molar-refractivity contribution in [3.63, 3.8) is 0 Å². The van der Waals surface area contributed by atoms with Gasteiger partial charge in [-0.25, -0.2) is 9.97 Å². The summed E-state index contributed by atoms with van der Waals surface area (Å²) in [6, 6.07) is 0. The summed E-state index contributed by atoms with van der Waals surface area (Å²) in [5.74, 6) is 2.98. The number of anilines is 1. The van der Waals surface area contributed by atoms with E-state index in [1.165, 1.54) is 31.2 Å². The van der Waals surface area contributed by atoms with Crippen molar-refractivity contribution >= 4 is 17.6 Å². The molecule has 1 aromatic heterocycles. The molecule has 0 aromatic carbocycles. The number of hydrogen-bond donors (Lipinski definition) is 1. The quantitative estimate of drug-likeness (QED) is 0.855. The number of aromatic nitrogens is 2. The minimum Gasteiger partial charge on any atom is -0.370 e. The third-order valence-corrected chi connectivity index (χ3v) is 5.08. The van der Waals surface area contributed by atoms with Crippen molar-refractivity contribution in [1.82, 2.24) is 9.97 Å². The molecule has 0 atom stereocenters. The Balaban J connectivity index is 2.07. The number of hydrogen-bond acceptors (Lipinski definition) is 4. The molecule has 4 heteroatoms. The molecule has 0 saturated heterocycles. The fraction of sp³-hybridized carbons (Fsp3) is 0.733. The normalized spacial score (nSPS) is 15.9. The lowest BCUT2D eigenvalue weighted by molar-refractivity contribution is 0.886. The first-order chi connectivity index (χ1) is 9.24. The van der Waals surface area contributed by atoms with E-state index in [9.17, 15) is 0 Å². The van der Waals surface area contributed by atoms with Gasteiger partial charge in [0.05, 0.1) is 5.75 Å². The summed E-state index contributed by atoms with van der Waals surface area (Å²) >= 11 is 2.03. The maximum Gasteiger partial charge on any atom is 0.140 e. The van der Waals surface area contributed by atoms with Crippen LogP contribution in [-0.4, -0.2) is 21.8 Å². The third kappa shape index (κ3) is 3.85. The highest BCUT2D eigenvalue weighted by Gasteiger charge is 2.16. The van der Waals surface area contributed by atoms with Crippen LogP contribution in [0.4, 0.5) is 5.82 Å². The van der Waals surface area contributed by atoms with Crippen LogP contribution >= 0.6 is 11.8 Å². The molecule has 3 nitrogen and oxygen atoms in total. The maximum atomic E-state index is 4.71. The summed E-state index contributed by atoms with van der Waals surface area (Å²) in [5, 5.41) is 4.21. The van der Waals surface area contributed by atoms with E-state index >= 15 is 0 Å². The molecule has 19 heavy (non-hydrogen) atoms. The van der Waals surface area contributed by atoms with Crippen molar-refractivity contribution in [2.24, 2.45) is 0 Å². The average Bonchev–Trinajstić information content (AvgIpc) is 2.90. The maximum absolute atomic E-state index is 4.71. The lowest BCUT2D eigenvalue weighted by Crippen LogP contribution is -2.09. The molecule has 1 N–H and O–H groups in total. The van der Waals surface area contributed by atoms with Gasteiger partial charge in [0.2, 0.25) is 0 Å². The molecule has 0 amide bonds. The summed E-state index contributed by atoms with van der Waals surface area (Å²) in [7, 11) is 0. The molecule has 0 spiro atoms. The van der Waals surface area contributed by atoms with Gasteiger partial charge < -0.3 is 5.32 Å². The van der Waals surface area contributed by atoms with Gasteiger partial charge in [-0.15, -0.1) is 0 Å². The van der Waals surface area contributed by atoms with Crippen LogP contribution in [0.15, 0.2) is 0 Å². The Bertz CT molecular complexity index is 414. The predicted molar refractivity (Wildman–Crippen MR) is 83.9 cm³/mol. The number of thioether (sulfide) groups is 1. The summed E-state index contributed by atoms with van der Waals surface area (Å²) < 4.78 is 0. The van der Waals surface area contributed by atoms with E-state index in [-0.39, 0.29) is 0 Å². The fourth-order valence-electron chi connectivity index (χ4n) is 2.70. The van der Waals surface area contributed by atoms with Gasteiger partial charge in [0, 0.05) is 23.1 Å². The minimum absolute atomic E-state index is 0.831. The van der Waals surface area contributed by atoms with Crippen molar-refractivity contribution in [2.75, 3.05) is 11.9 Å². The zero-order valence-corrected chi connectivity index (χ0v) is 13.1. The highest BCUT2D eigenvalue weighted by Crippen LogP contribution is 2.31. The molecule has 0 unspecified atom stereocenters. The van der Waals surface area contributed by atoms with E-state index in [1.54, 1.807) is 0 Å². The zero-order chi connectivity index (χ0) is 13.7. The van der Waals surface area contributed by atoms with Gasteiger partial charge in [-0.05, 0) is 33.1 Å². The molecule has 1 aromatic rings. The van der Waals surface area contributed by atoms with Crippen molar-refractivity contribution in [2.45, 2.75) is 63.9 Å². The molecule has 2 rings (SSSR count). The van der Waals surface area contributed by atoms with Crippen LogP contribution in [0.1, 0.15) is 56.6 Å². The minimum atomic E-state index is 0.831. The molecule has 1 aliphatic carbocycles. The second-order valence-corrected chi connectivity index (χ2v) is 6.44. The van der Waals surface area contributed by atoms with Crippen molar-refractivity contribution < 1.29 is 0 Å². The van der Waals surface area contributed by atoms with Crippen LogP contribution in [0, 0.1) is 6.92 Å². The van der Waals surface area contributed by atoms with Gasteiger partial charge in [0.15, 0.2) is 0 Å². The molecule has 1 saturated carbocycles. The molecular weight excluding hydrogens is 254 g/mol. The number of nitrogens with one attached hydrogen (secondary N) is 1. The van der Waals surface area contributed by atoms with Crippen molar-refractivity contribution in [3.05, 3.63) is 17.1 Å². The number of rotatable bonds is 6. The second kappa shape index (κ2) is 7.13. The summed E-state index contributed by atoms with van der Waals surface area (Å²) in [5.41, 5.74) is 2.40. The van der Waals surface area contributed by atoms with Crippen LogP contribution < -0.4 is 5.32 Å². The zero-order valence-electron chi connectivity index (χ0n) is 12.3. The van der Waals surface area contributed by atoms with E-state index < -0.39 is 0 Å². The molecule has 0 bridgehead atoms. The largest absolute Gasteiger partial charge is 0.370 e. The van der Waals surface area contributed by atoms with Crippen LogP contribution in [0.5, 0.6) is 0 Å². The summed E-state index contributed by atoms with van der Waals surface area (Å²) in [6.45, 7) is 7.30. The monoisotopic (exact) mass is 279 g/mol. The van der Waals surface area contributed by atoms with E-state index in [0.29, 0.717) is 0 Å². The summed E-state index contributed by atoms with van der Waals surface area (Å²) in [6.07, 6.45) is 6.53. The van der Waals surface area contributed by atoms with Gasteiger partial charge >= 0.3 is 0 Å². The molecule has 1 heterocycles. The molecule has 0 aliphatic heterocycles. The van der Waals surface area contributed by atoms with Crippen LogP contribution in [0.3, 0.4) is 0 Å². The standard InChI is InChI=1S/C15H25N3S/c1-4-13-11(3)17-14(18-15(13)16-5-2)10-19-12-8-6-7-9-12/h12H,4-10H2,1-3H3,(H,16,17,18). The Morgan fingerprint density at radius 3 is 2.58 bits per heavy atom. The lowest BCUT2D eigenvalue weighted by Gasteiger charge is -2.14. The van der Waals surface area contributed by atoms with Crippen LogP contribution in [0.25, 0.3) is 0 Å². The predicted octanol–water partition coefficient (Wildman–Crippen LogP) is 3.96. The average molecular weight is 279 g/mol. The third-order valence-electron chi connectivity index (χ3n) is 3.71.